The predicted octanol–water partition coefficient (Wildman–Crippen LogP) is 2.49. The summed E-state index contributed by atoms with van der Waals surface area (Å²) in [5, 5.41) is 5.84. The number of nitrogens with two attached hydrogens (primary N) is 1. The molecule has 5 nitrogen and oxygen atoms in total. The number of nitrogens with one attached hydrogen (secondary N) is 1. The minimum Gasteiger partial charge on any atom is -0.347 e. The molecule has 138 valence electrons. The summed E-state index contributed by atoms with van der Waals surface area (Å²) in [5.74, 6) is -0.0731. The van der Waals surface area contributed by atoms with E-state index in [-0.39, 0.29) is 36.8 Å². The van der Waals surface area contributed by atoms with Gasteiger partial charge in [0.2, 0.25) is 0 Å². The van der Waals surface area contributed by atoms with Crippen molar-refractivity contribution in [3.8, 4) is 0 Å². The van der Waals surface area contributed by atoms with Crippen LogP contribution in [0.5, 0.6) is 0 Å². The van der Waals surface area contributed by atoms with E-state index >= 15 is 0 Å². The summed E-state index contributed by atoms with van der Waals surface area (Å²) < 4.78 is 0. The highest BCUT2D eigenvalue weighted by atomic mass is 35.5. The number of benzene rings is 1. The summed E-state index contributed by atoms with van der Waals surface area (Å²) in [5.41, 5.74) is 7.34. The lowest BCUT2D eigenvalue weighted by molar-refractivity contribution is 0.0933. The monoisotopic (exact) mass is 402 g/mol. The number of likely N-dealkylation sites (tertiary alicyclic amines) is 1. The van der Waals surface area contributed by atoms with E-state index in [9.17, 15) is 4.79 Å². The van der Waals surface area contributed by atoms with E-state index in [0.29, 0.717) is 12.2 Å². The highest BCUT2D eigenvalue weighted by Crippen LogP contribution is 2.15. The number of carbonyl (C=O) groups is 1. The van der Waals surface area contributed by atoms with E-state index in [0.717, 1.165) is 37.5 Å². The lowest BCUT2D eigenvalue weighted by atomic mass is 10.2. The van der Waals surface area contributed by atoms with Crippen LogP contribution in [-0.2, 0) is 13.0 Å². The molecule has 8 heteroatoms. The maximum atomic E-state index is 12.3. The van der Waals surface area contributed by atoms with E-state index in [1.54, 1.807) is 0 Å². The van der Waals surface area contributed by atoms with Crippen LogP contribution < -0.4 is 11.1 Å². The number of nitrogens with zero attached hydrogens (tertiary/aromatic N) is 2. The summed E-state index contributed by atoms with van der Waals surface area (Å²) in [7, 11) is 0. The first-order valence-electron chi connectivity index (χ1n) is 7.96. The SMILES string of the molecule is Cl.Cl.NCCc1nc(C(=O)NC2CCN(Cc3ccccc3)C2)cs1. The van der Waals surface area contributed by atoms with Gasteiger partial charge in [0.15, 0.2) is 0 Å². The van der Waals surface area contributed by atoms with Gasteiger partial charge in [-0.1, -0.05) is 30.3 Å². The standard InChI is InChI=1S/C17H22N4OS.2ClH/c18-8-6-16-20-15(12-23-16)17(22)19-14-7-9-21(11-14)10-13-4-2-1-3-5-13;;/h1-5,12,14H,6-11,18H2,(H,19,22);2*1H. The number of rotatable bonds is 6. The topological polar surface area (TPSA) is 71.2 Å². The number of carbonyl (C=O) groups excluding carboxylic acids is 1. The Bertz CT molecular complexity index is 653. The number of hydrogen-bond acceptors (Lipinski definition) is 5. The average Bonchev–Trinajstić information content (AvgIpc) is 3.18. The molecule has 1 atom stereocenters. The van der Waals surface area contributed by atoms with Gasteiger partial charge in [0, 0.05) is 37.5 Å². The average molecular weight is 403 g/mol. The molecule has 25 heavy (non-hydrogen) atoms. The van der Waals surface area contributed by atoms with Gasteiger partial charge in [0.1, 0.15) is 5.69 Å². The van der Waals surface area contributed by atoms with Crippen molar-refractivity contribution in [2.24, 2.45) is 5.73 Å². The Hall–Kier alpha value is -1.18. The van der Waals surface area contributed by atoms with Gasteiger partial charge >= 0.3 is 0 Å². The molecule has 1 saturated heterocycles. The molecule has 3 rings (SSSR count). The molecular weight excluding hydrogens is 379 g/mol. The molecule has 0 radical (unpaired) electrons. The first-order valence-corrected chi connectivity index (χ1v) is 8.84. The minimum absolute atomic E-state index is 0. The third-order valence-corrected chi connectivity index (χ3v) is 4.91. The lowest BCUT2D eigenvalue weighted by Crippen LogP contribution is -2.37. The molecule has 3 N–H and O–H groups in total. The van der Waals surface area contributed by atoms with E-state index in [1.165, 1.54) is 16.9 Å². The van der Waals surface area contributed by atoms with Gasteiger partial charge in [0.25, 0.3) is 5.91 Å². The molecule has 0 saturated carbocycles. The Morgan fingerprint density at radius 3 is 2.80 bits per heavy atom. The highest BCUT2D eigenvalue weighted by Gasteiger charge is 2.24. The van der Waals surface area contributed by atoms with Crippen molar-refractivity contribution in [1.29, 1.82) is 0 Å². The van der Waals surface area contributed by atoms with Gasteiger partial charge in [0.05, 0.1) is 5.01 Å². The number of amides is 1. The van der Waals surface area contributed by atoms with Crippen LogP contribution in [0.4, 0.5) is 0 Å². The summed E-state index contributed by atoms with van der Waals surface area (Å²) in [4.78, 5) is 19.0. The summed E-state index contributed by atoms with van der Waals surface area (Å²) in [6.45, 7) is 3.39. The maximum Gasteiger partial charge on any atom is 0.271 e. The normalized spacial score (nSPS) is 16.8. The van der Waals surface area contributed by atoms with Gasteiger partial charge in [-0.25, -0.2) is 4.98 Å². The second kappa shape index (κ2) is 10.7. The zero-order valence-corrected chi connectivity index (χ0v) is 16.3. The molecule has 1 unspecified atom stereocenters. The predicted molar refractivity (Wildman–Crippen MR) is 107 cm³/mol. The summed E-state index contributed by atoms with van der Waals surface area (Å²) in [6.07, 6.45) is 1.71. The van der Waals surface area contributed by atoms with Crippen LogP contribution in [0.2, 0.25) is 0 Å². The number of halogens is 2. The van der Waals surface area contributed by atoms with Gasteiger partial charge < -0.3 is 11.1 Å². The largest absolute Gasteiger partial charge is 0.347 e. The Kier molecular flexibility index (Phi) is 9.38. The third-order valence-electron chi connectivity index (χ3n) is 4.00. The fourth-order valence-electron chi connectivity index (χ4n) is 2.85. The van der Waals surface area contributed by atoms with Crippen LogP contribution in [0, 0.1) is 0 Å². The molecule has 1 aromatic carbocycles. The number of hydrogen-bond donors (Lipinski definition) is 2. The zero-order valence-electron chi connectivity index (χ0n) is 13.9. The molecule has 0 spiro atoms. The minimum atomic E-state index is -0.0731. The van der Waals surface area contributed by atoms with Crippen molar-refractivity contribution < 1.29 is 4.79 Å². The van der Waals surface area contributed by atoms with Crippen molar-refractivity contribution in [2.75, 3.05) is 19.6 Å². The molecule has 0 bridgehead atoms. The van der Waals surface area contributed by atoms with Crippen LogP contribution in [0.15, 0.2) is 35.7 Å². The number of aromatic nitrogens is 1. The molecule has 1 fully saturated rings. The molecule has 0 aliphatic carbocycles. The maximum absolute atomic E-state index is 12.3. The molecule has 1 aliphatic rings. The molecular formula is C17H24Cl2N4OS. The van der Waals surface area contributed by atoms with Gasteiger partial charge in [-0.3, -0.25) is 9.69 Å². The first-order chi connectivity index (χ1) is 11.2. The van der Waals surface area contributed by atoms with Gasteiger partial charge in [-0.2, -0.15) is 0 Å². The Labute approximate surface area is 164 Å². The molecule has 1 aromatic heterocycles. The van der Waals surface area contributed by atoms with Crippen molar-refractivity contribution in [3.63, 3.8) is 0 Å². The van der Waals surface area contributed by atoms with Gasteiger partial charge in [-0.05, 0) is 18.5 Å². The van der Waals surface area contributed by atoms with Crippen molar-refractivity contribution in [1.82, 2.24) is 15.2 Å². The molecule has 1 amide bonds. The third kappa shape index (κ3) is 6.24. The van der Waals surface area contributed by atoms with Crippen LogP contribution in [0.3, 0.4) is 0 Å². The second-order valence-corrected chi connectivity index (χ2v) is 6.79. The van der Waals surface area contributed by atoms with Crippen LogP contribution in [0.1, 0.15) is 27.5 Å². The van der Waals surface area contributed by atoms with Crippen molar-refractivity contribution in [2.45, 2.75) is 25.4 Å². The van der Waals surface area contributed by atoms with E-state index in [2.05, 4.69) is 39.5 Å². The van der Waals surface area contributed by atoms with Crippen molar-refractivity contribution >= 4 is 42.1 Å². The van der Waals surface area contributed by atoms with Crippen LogP contribution >= 0.6 is 36.2 Å². The molecule has 2 aromatic rings. The summed E-state index contributed by atoms with van der Waals surface area (Å²) in [6, 6.07) is 10.6. The highest BCUT2D eigenvalue weighted by molar-refractivity contribution is 7.09. The fourth-order valence-corrected chi connectivity index (χ4v) is 3.64. The molecule has 1 aliphatic heterocycles. The second-order valence-electron chi connectivity index (χ2n) is 5.84. The Balaban J connectivity index is 0.00000156. The van der Waals surface area contributed by atoms with Crippen LogP contribution in [-0.4, -0.2) is 41.5 Å². The quantitative estimate of drug-likeness (QED) is 0.778. The Morgan fingerprint density at radius 2 is 2.08 bits per heavy atom. The first kappa shape index (κ1) is 21.9. The summed E-state index contributed by atoms with van der Waals surface area (Å²) >= 11 is 1.50. The smallest absolute Gasteiger partial charge is 0.271 e. The fraction of sp³-hybridized carbons (Fsp3) is 0.412. The van der Waals surface area contributed by atoms with Crippen molar-refractivity contribution in [3.05, 3.63) is 52.0 Å². The van der Waals surface area contributed by atoms with E-state index in [1.807, 2.05) is 11.4 Å². The van der Waals surface area contributed by atoms with Gasteiger partial charge in [-0.15, -0.1) is 36.2 Å². The van der Waals surface area contributed by atoms with E-state index < -0.39 is 0 Å². The van der Waals surface area contributed by atoms with Crippen LogP contribution in [0.25, 0.3) is 0 Å². The Morgan fingerprint density at radius 1 is 1.32 bits per heavy atom. The number of thiazole rings is 1. The van der Waals surface area contributed by atoms with E-state index in [4.69, 9.17) is 5.73 Å². The molecule has 2 heterocycles. The zero-order chi connectivity index (χ0) is 16.1. The lowest BCUT2D eigenvalue weighted by Gasteiger charge is -2.16.